The van der Waals surface area contributed by atoms with Crippen LogP contribution < -0.4 is 14.8 Å². The van der Waals surface area contributed by atoms with E-state index in [4.69, 9.17) is 9.47 Å². The Balaban J connectivity index is 2.35. The average molecular weight is 433 g/mol. The molecule has 0 aliphatic rings. The van der Waals surface area contributed by atoms with E-state index >= 15 is 0 Å². The van der Waals surface area contributed by atoms with Crippen molar-refractivity contribution in [3.63, 3.8) is 0 Å². The molecule has 140 valence electrons. The van der Waals surface area contributed by atoms with Crippen LogP contribution in [0.5, 0.6) is 11.5 Å². The van der Waals surface area contributed by atoms with Crippen molar-refractivity contribution < 1.29 is 18.7 Å². The molecule has 0 aromatic heterocycles. The number of nitrogens with one attached hydrogen (secondary N) is 1. The van der Waals surface area contributed by atoms with E-state index in [0.29, 0.717) is 34.7 Å². The van der Waals surface area contributed by atoms with Crippen molar-refractivity contribution in [3.8, 4) is 17.6 Å². The van der Waals surface area contributed by atoms with Gasteiger partial charge < -0.3 is 14.8 Å². The minimum Gasteiger partial charge on any atom is -0.490 e. The zero-order chi connectivity index (χ0) is 19.8. The van der Waals surface area contributed by atoms with Crippen molar-refractivity contribution in [1.82, 2.24) is 0 Å². The number of para-hydroxylation sites is 1. The second kappa shape index (κ2) is 9.74. The summed E-state index contributed by atoms with van der Waals surface area (Å²) in [7, 11) is 0. The van der Waals surface area contributed by atoms with Gasteiger partial charge in [0.15, 0.2) is 11.5 Å². The van der Waals surface area contributed by atoms with Gasteiger partial charge in [-0.2, -0.15) is 5.26 Å². The van der Waals surface area contributed by atoms with Crippen molar-refractivity contribution in [1.29, 1.82) is 5.26 Å². The second-order valence-electron chi connectivity index (χ2n) is 5.30. The number of nitriles is 1. The number of anilines is 1. The molecule has 5 nitrogen and oxygen atoms in total. The summed E-state index contributed by atoms with van der Waals surface area (Å²) in [4.78, 5) is 12.3. The van der Waals surface area contributed by atoms with E-state index in [1.807, 2.05) is 19.9 Å². The van der Waals surface area contributed by atoms with Crippen molar-refractivity contribution in [3.05, 3.63) is 57.8 Å². The van der Waals surface area contributed by atoms with Crippen LogP contribution in [0.4, 0.5) is 10.1 Å². The minimum atomic E-state index is -0.703. The SMILES string of the molecule is CCOc1cc(/C=C(/C#N)C(=O)Nc2ccccc2F)cc(Br)c1OCC. The Hall–Kier alpha value is -2.85. The highest BCUT2D eigenvalue weighted by atomic mass is 79.9. The predicted molar refractivity (Wildman–Crippen MR) is 105 cm³/mol. The number of ether oxygens (including phenoxy) is 2. The van der Waals surface area contributed by atoms with Gasteiger partial charge in [0.25, 0.3) is 5.91 Å². The fourth-order valence-electron chi connectivity index (χ4n) is 2.29. The number of carbonyl (C=O) groups excluding carboxylic acids is 1. The summed E-state index contributed by atoms with van der Waals surface area (Å²) < 4.78 is 25.5. The number of hydrogen-bond donors (Lipinski definition) is 1. The molecule has 0 atom stereocenters. The number of carbonyl (C=O) groups is 1. The molecule has 0 saturated carbocycles. The molecule has 27 heavy (non-hydrogen) atoms. The molecule has 0 saturated heterocycles. The fourth-order valence-corrected chi connectivity index (χ4v) is 2.86. The van der Waals surface area contributed by atoms with E-state index in [1.165, 1.54) is 24.3 Å². The monoisotopic (exact) mass is 432 g/mol. The van der Waals surface area contributed by atoms with E-state index < -0.39 is 11.7 Å². The lowest BCUT2D eigenvalue weighted by molar-refractivity contribution is -0.112. The maximum atomic E-state index is 13.7. The summed E-state index contributed by atoms with van der Waals surface area (Å²) in [5.41, 5.74) is 0.400. The highest BCUT2D eigenvalue weighted by molar-refractivity contribution is 9.10. The van der Waals surface area contributed by atoms with Gasteiger partial charge in [-0.1, -0.05) is 12.1 Å². The van der Waals surface area contributed by atoms with Crippen LogP contribution in [0, 0.1) is 17.1 Å². The van der Waals surface area contributed by atoms with E-state index in [9.17, 15) is 14.4 Å². The Morgan fingerprint density at radius 2 is 1.96 bits per heavy atom. The minimum absolute atomic E-state index is 0.00605. The van der Waals surface area contributed by atoms with Gasteiger partial charge in [0, 0.05) is 0 Å². The molecular formula is C20H18BrFN2O3. The molecule has 0 fully saturated rings. The van der Waals surface area contributed by atoms with Gasteiger partial charge in [-0.3, -0.25) is 4.79 Å². The highest BCUT2D eigenvalue weighted by Gasteiger charge is 2.15. The second-order valence-corrected chi connectivity index (χ2v) is 6.15. The van der Waals surface area contributed by atoms with Crippen LogP contribution in [-0.4, -0.2) is 19.1 Å². The molecule has 0 heterocycles. The molecule has 0 aliphatic heterocycles. The Morgan fingerprint density at radius 1 is 1.26 bits per heavy atom. The first kappa shape index (κ1) is 20.5. The molecular weight excluding hydrogens is 415 g/mol. The quantitative estimate of drug-likeness (QED) is 0.497. The largest absolute Gasteiger partial charge is 0.490 e. The van der Waals surface area contributed by atoms with E-state index in [2.05, 4.69) is 21.2 Å². The first-order valence-electron chi connectivity index (χ1n) is 8.26. The van der Waals surface area contributed by atoms with Crippen LogP contribution in [0.2, 0.25) is 0 Å². The first-order valence-corrected chi connectivity index (χ1v) is 9.06. The Kier molecular flexibility index (Phi) is 7.38. The molecule has 2 aromatic carbocycles. The van der Waals surface area contributed by atoms with E-state index in [0.717, 1.165) is 0 Å². The summed E-state index contributed by atoms with van der Waals surface area (Å²) in [6, 6.07) is 11.0. The molecule has 0 unspecified atom stereocenters. The van der Waals surface area contributed by atoms with Gasteiger partial charge in [-0.15, -0.1) is 0 Å². The van der Waals surface area contributed by atoms with Crippen LogP contribution >= 0.6 is 15.9 Å². The summed E-state index contributed by atoms with van der Waals surface area (Å²) in [5.74, 6) is -0.242. The van der Waals surface area contributed by atoms with Crippen molar-refractivity contribution in [2.45, 2.75) is 13.8 Å². The van der Waals surface area contributed by atoms with Crippen molar-refractivity contribution in [2.75, 3.05) is 18.5 Å². The molecule has 0 radical (unpaired) electrons. The maximum Gasteiger partial charge on any atom is 0.266 e. The van der Waals surface area contributed by atoms with E-state index in [-0.39, 0.29) is 11.3 Å². The van der Waals surface area contributed by atoms with Crippen LogP contribution in [-0.2, 0) is 4.79 Å². The fraction of sp³-hybridized carbons (Fsp3) is 0.200. The third-order valence-electron chi connectivity index (χ3n) is 3.42. The summed E-state index contributed by atoms with van der Waals surface area (Å²) >= 11 is 3.41. The Labute approximate surface area is 165 Å². The summed E-state index contributed by atoms with van der Waals surface area (Å²) in [6.45, 7) is 4.59. The van der Waals surface area contributed by atoms with Crippen LogP contribution in [0.15, 0.2) is 46.4 Å². The summed E-state index contributed by atoms with van der Waals surface area (Å²) in [5, 5.41) is 11.7. The van der Waals surface area contributed by atoms with Gasteiger partial charge in [0.2, 0.25) is 0 Å². The lowest BCUT2D eigenvalue weighted by Gasteiger charge is -2.13. The Morgan fingerprint density at radius 3 is 2.59 bits per heavy atom. The molecule has 7 heteroatoms. The van der Waals surface area contributed by atoms with Gasteiger partial charge in [-0.05, 0) is 65.7 Å². The molecule has 0 spiro atoms. The zero-order valence-electron chi connectivity index (χ0n) is 14.9. The number of rotatable bonds is 7. The van der Waals surface area contributed by atoms with Crippen LogP contribution in [0.25, 0.3) is 6.08 Å². The highest BCUT2D eigenvalue weighted by Crippen LogP contribution is 2.37. The number of halogens is 2. The average Bonchev–Trinajstić information content (AvgIpc) is 2.64. The number of hydrogen-bond acceptors (Lipinski definition) is 4. The number of nitrogens with zero attached hydrogens (tertiary/aromatic N) is 1. The Bertz CT molecular complexity index is 907. The first-order chi connectivity index (χ1) is 13.0. The molecule has 0 aliphatic carbocycles. The number of benzene rings is 2. The molecule has 2 rings (SSSR count). The molecule has 2 aromatic rings. The van der Waals surface area contributed by atoms with E-state index in [1.54, 1.807) is 18.2 Å². The van der Waals surface area contributed by atoms with Crippen LogP contribution in [0.1, 0.15) is 19.4 Å². The van der Waals surface area contributed by atoms with Crippen molar-refractivity contribution in [2.24, 2.45) is 0 Å². The zero-order valence-corrected chi connectivity index (χ0v) is 16.5. The number of amides is 1. The predicted octanol–water partition coefficient (Wildman–Crippen LogP) is 4.93. The van der Waals surface area contributed by atoms with Gasteiger partial charge in [-0.25, -0.2) is 4.39 Å². The molecule has 0 bridgehead atoms. The normalized spacial score (nSPS) is 10.9. The third kappa shape index (κ3) is 5.31. The van der Waals surface area contributed by atoms with Gasteiger partial charge >= 0.3 is 0 Å². The topological polar surface area (TPSA) is 71.3 Å². The lowest BCUT2D eigenvalue weighted by atomic mass is 10.1. The third-order valence-corrected chi connectivity index (χ3v) is 4.01. The van der Waals surface area contributed by atoms with Gasteiger partial charge in [0.1, 0.15) is 17.5 Å². The maximum absolute atomic E-state index is 13.7. The molecule has 1 N–H and O–H groups in total. The smallest absolute Gasteiger partial charge is 0.266 e. The lowest BCUT2D eigenvalue weighted by Crippen LogP contribution is -2.14. The molecule has 1 amide bonds. The van der Waals surface area contributed by atoms with Crippen molar-refractivity contribution >= 4 is 33.6 Å². The summed E-state index contributed by atoms with van der Waals surface area (Å²) in [6.07, 6.45) is 1.40. The van der Waals surface area contributed by atoms with Gasteiger partial charge in [0.05, 0.1) is 23.4 Å². The standard InChI is InChI=1S/C20H18BrFN2O3/c1-3-26-18-11-13(10-15(21)19(18)27-4-2)9-14(12-23)20(25)24-17-8-6-5-7-16(17)22/h5-11H,3-4H2,1-2H3,(H,24,25)/b14-9-. The van der Waals surface area contributed by atoms with Crippen LogP contribution in [0.3, 0.4) is 0 Å².